The third-order valence-electron chi connectivity index (χ3n) is 25.9. The number of nitrogens with zero attached hydrogens (tertiary/aromatic N) is 5. The number of aliphatic hydroxyl groups is 1. The van der Waals surface area contributed by atoms with Crippen LogP contribution in [0.4, 0.5) is 4.39 Å². The predicted molar refractivity (Wildman–Crippen MR) is 502 cm³/mol. The molecule has 2 saturated heterocycles. The van der Waals surface area contributed by atoms with Crippen LogP contribution in [0.1, 0.15) is 196 Å². The summed E-state index contributed by atoms with van der Waals surface area (Å²) in [6.07, 6.45) is 10.2. The van der Waals surface area contributed by atoms with Crippen LogP contribution in [-0.2, 0) is 127 Å². The number of unbranched alkanes of at least 4 members (excludes halogenated alkanes) is 7. The maximum absolute atomic E-state index is 16.4. The first-order chi connectivity index (χ1) is 64.9. The molecule has 5 aromatic rings. The van der Waals surface area contributed by atoms with E-state index in [0.29, 0.717) is 134 Å². The first-order valence-electron chi connectivity index (χ1n) is 48.3. The highest BCUT2D eigenvalue weighted by Gasteiger charge is 2.50. The highest BCUT2D eigenvalue weighted by atomic mass is 19.1. The smallest absolute Gasteiger partial charge is 0.246 e. The number of halogens is 1. The maximum Gasteiger partial charge on any atom is 0.246 e. The molecule has 0 radical (unpaired) electrons. The van der Waals surface area contributed by atoms with Crippen molar-refractivity contribution in [2.24, 2.45) is 0 Å². The highest BCUT2D eigenvalue weighted by molar-refractivity contribution is 6.00. The fourth-order valence-electron chi connectivity index (χ4n) is 17.7. The minimum absolute atomic E-state index is 0.00154. The molecule has 10 atom stereocenters. The molecular weight excluding hydrogens is 1740 g/mol. The van der Waals surface area contributed by atoms with E-state index in [1.165, 1.54) is 38.0 Å². The second-order valence-corrected chi connectivity index (χ2v) is 37.1. The fourth-order valence-corrected chi connectivity index (χ4v) is 17.7. The first kappa shape index (κ1) is 106. The Labute approximate surface area is 790 Å². The number of fused-ring (bicyclic) bond motifs is 16. The van der Waals surface area contributed by atoms with E-state index < -0.39 is 150 Å². The number of rotatable bonds is 31. The maximum atomic E-state index is 16.4. The molecule has 36 heteroatoms. The predicted octanol–water partition coefficient (Wildman–Crippen LogP) is 4.34. The van der Waals surface area contributed by atoms with E-state index in [2.05, 4.69) is 65.4 Å². The van der Waals surface area contributed by atoms with Gasteiger partial charge in [0, 0.05) is 127 Å². The third kappa shape index (κ3) is 32.9. The van der Waals surface area contributed by atoms with Crippen molar-refractivity contribution in [3.8, 4) is 5.75 Å². The third-order valence-corrected chi connectivity index (χ3v) is 25.9. The SMILES string of the molecule is CCCCCCC(=O)NCCCCCCCC(=O)NCC[N+](C)(C)CCOCCOCCC(=O)NC[C@H]1NC(=O)[C@H](C)NC(=O)CCC(=O)N2CCCCCCn3cc(c4cc(F)ccc43)C[C@@H]3NC(=O)[C@H](Cc4cccc(c4)CNC(=O)COC4CCN(C3=O)[C@@H]4C(=O)N[C@@H]([C@@H](C)O)C(=O)N[C@@H](Cc3ccc(OC)cc3)C(=O)N3CCC[C@@]3(C)C(=O)NCCc3ccc(cc3)C2)NC1=O. The zero-order valence-corrected chi connectivity index (χ0v) is 79.5. The molecule has 0 saturated carbocycles. The highest BCUT2D eigenvalue weighted by Crippen LogP contribution is 2.33. The summed E-state index contributed by atoms with van der Waals surface area (Å²) in [6.45, 7) is 8.88. The Morgan fingerprint density at radius 3 is 2.03 bits per heavy atom. The summed E-state index contributed by atoms with van der Waals surface area (Å²) in [6, 6.07) is 13.6. The lowest BCUT2D eigenvalue weighted by molar-refractivity contribution is -0.889. The molecule has 11 rings (SSSR count). The summed E-state index contributed by atoms with van der Waals surface area (Å²) < 4.78 is 41.9. The number of carbonyl (C=O) groups excluding carboxylic acids is 14. The van der Waals surface area contributed by atoms with Gasteiger partial charge in [0.15, 0.2) is 0 Å². The topological polar surface area (TPSA) is 443 Å². The van der Waals surface area contributed by atoms with Crippen LogP contribution in [0.25, 0.3) is 10.9 Å². The number of aryl methyl sites for hydroxylation is 1. The lowest BCUT2D eigenvalue weighted by atomic mass is 9.95. The van der Waals surface area contributed by atoms with Gasteiger partial charge in [-0.2, -0.15) is 0 Å². The summed E-state index contributed by atoms with van der Waals surface area (Å²) in [4.78, 5) is 209. The lowest BCUT2D eigenvalue weighted by Crippen LogP contribution is -2.64. The molecular formula is C99H142FN16O19+. The molecule has 0 aliphatic carbocycles. The van der Waals surface area contributed by atoms with Crippen molar-refractivity contribution in [1.82, 2.24) is 77.8 Å². The second-order valence-electron chi connectivity index (χ2n) is 37.1. The number of benzene rings is 4. The van der Waals surface area contributed by atoms with Crippen LogP contribution in [0.5, 0.6) is 5.75 Å². The zero-order valence-electron chi connectivity index (χ0n) is 79.5. The minimum atomic E-state index is -1.88. The number of likely N-dealkylation sites (N-methyl/N-ethyl adjacent to an activating group) is 1. The Morgan fingerprint density at radius 2 is 1.29 bits per heavy atom. The van der Waals surface area contributed by atoms with Crippen molar-refractivity contribution in [2.75, 3.05) is 113 Å². The molecule has 1 unspecified atom stereocenters. The number of ether oxygens (including phenoxy) is 4. The van der Waals surface area contributed by atoms with Crippen LogP contribution in [0, 0.1) is 5.82 Å². The molecule has 35 nitrogen and oxygen atoms in total. The molecule has 4 aromatic carbocycles. The van der Waals surface area contributed by atoms with Crippen molar-refractivity contribution in [2.45, 2.75) is 268 Å². The van der Waals surface area contributed by atoms with Gasteiger partial charge in [0.25, 0.3) is 0 Å². The number of aromatic nitrogens is 1. The van der Waals surface area contributed by atoms with Crippen molar-refractivity contribution < 1.29 is 100 Å². The van der Waals surface area contributed by atoms with Gasteiger partial charge in [-0.3, -0.25) is 67.1 Å². The molecule has 6 aliphatic heterocycles. The van der Waals surface area contributed by atoms with Gasteiger partial charge in [-0.25, -0.2) is 4.39 Å². The summed E-state index contributed by atoms with van der Waals surface area (Å²) >= 11 is 0. The Bertz CT molecular complexity index is 4840. The molecule has 1 aromatic heterocycles. The summed E-state index contributed by atoms with van der Waals surface area (Å²) in [7, 11) is 5.56. The number of methoxy groups -OCH3 is 1. The Morgan fingerprint density at radius 1 is 0.607 bits per heavy atom. The average molecular weight is 1880 g/mol. The van der Waals surface area contributed by atoms with Crippen LogP contribution in [0.3, 0.4) is 0 Å². The van der Waals surface area contributed by atoms with E-state index in [1.54, 1.807) is 72.6 Å². The Hall–Kier alpha value is -11.5. The molecule has 12 N–H and O–H groups in total. The van der Waals surface area contributed by atoms with Crippen molar-refractivity contribution in [3.63, 3.8) is 0 Å². The Kier molecular flexibility index (Phi) is 41.6. The second kappa shape index (κ2) is 53.1. The van der Waals surface area contributed by atoms with Crippen molar-refractivity contribution in [1.29, 1.82) is 0 Å². The molecule has 135 heavy (non-hydrogen) atoms. The van der Waals surface area contributed by atoms with Crippen LogP contribution >= 0.6 is 0 Å². The van der Waals surface area contributed by atoms with Crippen LogP contribution in [0.2, 0.25) is 0 Å². The van der Waals surface area contributed by atoms with E-state index >= 15 is 33.2 Å². The minimum Gasteiger partial charge on any atom is -0.497 e. The van der Waals surface area contributed by atoms with E-state index in [4.69, 9.17) is 18.9 Å². The van der Waals surface area contributed by atoms with Crippen molar-refractivity contribution in [3.05, 3.63) is 136 Å². The number of hydrogen-bond acceptors (Lipinski definition) is 19. The largest absolute Gasteiger partial charge is 0.497 e. The van der Waals surface area contributed by atoms with Crippen LogP contribution in [-0.4, -0.2) is 285 Å². The van der Waals surface area contributed by atoms with E-state index in [0.717, 1.165) is 73.8 Å². The van der Waals surface area contributed by atoms with E-state index in [1.807, 2.05) is 42.9 Å². The van der Waals surface area contributed by atoms with Gasteiger partial charge in [-0.05, 0) is 142 Å². The Balaban J connectivity index is 0.915. The molecule has 0 spiro atoms. The summed E-state index contributed by atoms with van der Waals surface area (Å²) in [5.74, 6) is -9.40. The van der Waals surface area contributed by atoms with Gasteiger partial charge in [-0.1, -0.05) is 119 Å². The van der Waals surface area contributed by atoms with E-state index in [-0.39, 0.29) is 122 Å². The average Bonchev–Trinajstić information content (AvgIpc) is 1.65. The molecule has 738 valence electrons. The lowest BCUT2D eigenvalue weighted by Gasteiger charge is -2.37. The van der Waals surface area contributed by atoms with Gasteiger partial charge < -0.3 is 106 Å². The summed E-state index contributed by atoms with van der Waals surface area (Å²) in [5.41, 5.74) is 2.60. The molecule has 14 amide bonds. The van der Waals surface area contributed by atoms with Crippen LogP contribution < -0.4 is 63.2 Å². The number of carbonyl (C=O) groups is 14. The first-order valence-corrected chi connectivity index (χ1v) is 48.3. The number of nitrogens with one attached hydrogen (secondary N) is 11. The number of quaternary nitrogens is 1. The standard InChI is InChI=1S/C99H141FN16O19/c1-8-9-10-16-25-83(118)101-43-18-13-11-12-17-26-84(119)102-45-50-116(5,6)51-53-134-55-54-133-52-41-85(120)105-62-80-93(126)107-77-58-71-23-21-24-72(56-71)61-104-87(122)65-135-82-40-49-114-90(82)95(128)111-89(67(3)117)94(127)109-78(57-69-31-34-75(132-7)35-32-69)97(130)115-48-22-42-99(115,4)98(131)103-44-39-68-27-29-70(30-28-68)63-113(88(123)38-37-86(121)106-66(2)91(124)110-80)47-20-15-14-19-46-112-64-73(59-79(96(114)129)108-92(77)125)76-60-74(100)33-36-81(76)112/h21,23-24,27-36,56,60,64,66-67,77-80,82,89-90,117H,8-20,22,25-26,37-55,57-59,61-63,65H2,1-7H3,(H10-,101,102,103,104,105,106,107,108,109,110,111,118,119,120,121,122,124,125,126,127,128,131)/p+1/t66-,67+,77-,78-,79-,80+,82?,89-,90-,99-/m0/s1. The number of aliphatic hydroxyl groups excluding tert-OH is 1. The van der Waals surface area contributed by atoms with Gasteiger partial charge in [-0.15, -0.1) is 0 Å². The van der Waals surface area contributed by atoms with Gasteiger partial charge in [0.2, 0.25) is 82.7 Å². The zero-order chi connectivity index (χ0) is 97.0. The van der Waals surface area contributed by atoms with Crippen molar-refractivity contribution >= 4 is 93.6 Å². The van der Waals surface area contributed by atoms with Crippen LogP contribution in [0.15, 0.2) is 97.2 Å². The number of amides is 14. The normalized spacial score (nSPS) is 22.6. The summed E-state index contributed by atoms with van der Waals surface area (Å²) in [5, 5.41) is 43.1. The van der Waals surface area contributed by atoms with Gasteiger partial charge in [0.1, 0.15) is 72.6 Å². The van der Waals surface area contributed by atoms with E-state index in [9.17, 15) is 43.5 Å². The molecule has 6 aliphatic rings. The fraction of sp³-hybridized carbons (Fsp3) is 0.596. The number of hydrogen-bond donors (Lipinski definition) is 12. The van der Waals surface area contributed by atoms with Gasteiger partial charge in [0.05, 0.1) is 72.9 Å². The van der Waals surface area contributed by atoms with Gasteiger partial charge >= 0.3 is 0 Å². The monoisotopic (exact) mass is 1880 g/mol. The molecule has 12 bridgehead atoms. The molecule has 7 heterocycles. The quantitative estimate of drug-likeness (QED) is 0.0217. The molecule has 2 fully saturated rings.